The number of hydrogen-bond acceptors (Lipinski definition) is 7. The molecule has 3 aromatic rings. The van der Waals surface area contributed by atoms with Gasteiger partial charge in [0.2, 0.25) is 0 Å². The van der Waals surface area contributed by atoms with E-state index in [0.717, 1.165) is 12.0 Å². The van der Waals surface area contributed by atoms with Crippen molar-refractivity contribution in [1.29, 1.82) is 0 Å². The first-order valence-electron chi connectivity index (χ1n) is 12.3. The number of aliphatic hydroxyl groups is 1. The molecule has 184 valence electrons. The molecule has 0 aliphatic heterocycles. The van der Waals surface area contributed by atoms with Crippen LogP contribution in [0.5, 0.6) is 5.75 Å². The third-order valence-electron chi connectivity index (χ3n) is 6.86. The van der Waals surface area contributed by atoms with Crippen molar-refractivity contribution in [2.24, 2.45) is 4.99 Å². The van der Waals surface area contributed by atoms with Crippen molar-refractivity contribution in [3.8, 4) is 5.75 Å². The quantitative estimate of drug-likeness (QED) is 0.347. The largest absolute Gasteiger partial charge is 0.511 e. The summed E-state index contributed by atoms with van der Waals surface area (Å²) >= 11 is 0. The number of nitrogens with zero attached hydrogens (tertiary/aromatic N) is 2. The Balaban J connectivity index is 1.49. The number of benzene rings is 2. The van der Waals surface area contributed by atoms with Crippen LogP contribution in [0.25, 0.3) is 0 Å². The zero-order valence-corrected chi connectivity index (χ0v) is 20.2. The van der Waals surface area contributed by atoms with Crippen LogP contribution in [0.1, 0.15) is 65.4 Å². The number of ether oxygens (including phenoxy) is 1. The summed E-state index contributed by atoms with van der Waals surface area (Å²) in [4.78, 5) is 30.6. The van der Waals surface area contributed by atoms with Gasteiger partial charge in [-0.3, -0.25) is 9.59 Å². The van der Waals surface area contributed by atoms with E-state index >= 15 is 0 Å². The molecule has 2 aliphatic rings. The van der Waals surface area contributed by atoms with Crippen LogP contribution in [0.15, 0.2) is 75.4 Å². The van der Waals surface area contributed by atoms with E-state index in [9.17, 15) is 14.7 Å². The molecular formula is C29H28N2O5. The average Bonchev–Trinajstić information content (AvgIpc) is 3.32. The molecule has 1 atom stereocenters. The second kappa shape index (κ2) is 10.3. The molecular weight excluding hydrogens is 456 g/mol. The van der Waals surface area contributed by atoms with Gasteiger partial charge in [0.05, 0.1) is 29.7 Å². The maximum Gasteiger partial charge on any atom is 0.168 e. The SMILES string of the molecule is COc1ccccc1N=C1CC(c2ccccc2)CC(=O)/C1=C(/O)CCc1noc2c1C(=O)CCC2. The molecule has 1 saturated carbocycles. The molecule has 0 amide bonds. The van der Waals surface area contributed by atoms with Crippen LogP contribution in [0, 0.1) is 0 Å². The predicted molar refractivity (Wildman–Crippen MR) is 135 cm³/mol. The maximum atomic E-state index is 13.4. The number of ketones is 2. The Labute approximate surface area is 209 Å². The number of aliphatic hydroxyl groups excluding tert-OH is 1. The summed E-state index contributed by atoms with van der Waals surface area (Å²) in [5.74, 6) is 0.998. The van der Waals surface area contributed by atoms with Gasteiger partial charge in [-0.2, -0.15) is 0 Å². The fourth-order valence-corrected chi connectivity index (χ4v) is 5.07. The van der Waals surface area contributed by atoms with E-state index in [1.54, 1.807) is 7.11 Å². The number of methoxy groups -OCH3 is 1. The maximum absolute atomic E-state index is 13.4. The molecule has 7 heteroatoms. The molecule has 2 aromatic carbocycles. The standard InChI is InChI=1S/C29H28N2O5/c1-35-26-12-6-5-10-20(26)30-22-16-19(18-8-3-2-4-9-18)17-25(34)28(22)24(33)15-14-21-29-23(32)11-7-13-27(29)36-31-21/h2-6,8-10,12,19,33H,7,11,13-17H2,1H3/b28-24+,30-22?. The van der Waals surface area contributed by atoms with Gasteiger partial charge in [-0.25, -0.2) is 4.99 Å². The first kappa shape index (κ1) is 23.7. The summed E-state index contributed by atoms with van der Waals surface area (Å²) in [7, 11) is 1.58. The summed E-state index contributed by atoms with van der Waals surface area (Å²) in [6.45, 7) is 0. The summed E-state index contributed by atoms with van der Waals surface area (Å²) < 4.78 is 10.8. The zero-order valence-electron chi connectivity index (χ0n) is 20.2. The van der Waals surface area contributed by atoms with E-state index in [4.69, 9.17) is 14.3 Å². The van der Waals surface area contributed by atoms with Gasteiger partial charge in [-0.05, 0) is 36.5 Å². The number of para-hydroxylation sites is 2. The van der Waals surface area contributed by atoms with Gasteiger partial charge in [-0.1, -0.05) is 47.6 Å². The highest BCUT2D eigenvalue weighted by molar-refractivity contribution is 6.25. The van der Waals surface area contributed by atoms with E-state index in [1.165, 1.54) is 0 Å². The molecule has 5 rings (SSSR count). The predicted octanol–water partition coefficient (Wildman–Crippen LogP) is 5.87. The van der Waals surface area contributed by atoms with Crippen LogP contribution in [-0.2, 0) is 17.6 Å². The highest BCUT2D eigenvalue weighted by atomic mass is 16.5. The molecule has 0 bridgehead atoms. The number of aromatic nitrogens is 1. The monoisotopic (exact) mass is 484 g/mol. The second-order valence-corrected chi connectivity index (χ2v) is 9.20. The second-order valence-electron chi connectivity index (χ2n) is 9.20. The first-order valence-corrected chi connectivity index (χ1v) is 12.3. The zero-order chi connectivity index (χ0) is 25.1. The number of carbonyl (C=O) groups excluding carboxylic acids is 2. The van der Waals surface area contributed by atoms with E-state index in [2.05, 4.69) is 5.16 Å². The Hall–Kier alpha value is -4.00. The molecule has 1 fully saturated rings. The minimum atomic E-state index is -0.153. The normalized spacial score (nSPS) is 20.4. The van der Waals surface area contributed by atoms with Crippen molar-refractivity contribution >= 4 is 23.0 Å². The average molecular weight is 485 g/mol. The fraction of sp³-hybridized carbons (Fsp3) is 0.310. The smallest absolute Gasteiger partial charge is 0.168 e. The Morgan fingerprint density at radius 2 is 1.83 bits per heavy atom. The van der Waals surface area contributed by atoms with Crippen molar-refractivity contribution in [3.63, 3.8) is 0 Å². The summed E-state index contributed by atoms with van der Waals surface area (Å²) in [6, 6.07) is 17.2. The van der Waals surface area contributed by atoms with Crippen molar-refractivity contribution in [2.75, 3.05) is 7.11 Å². The van der Waals surface area contributed by atoms with E-state index in [-0.39, 0.29) is 41.7 Å². The number of aliphatic imine (C=N–C) groups is 1. The van der Waals surface area contributed by atoms with Crippen LogP contribution in [0.3, 0.4) is 0 Å². The van der Waals surface area contributed by atoms with Crippen LogP contribution in [0.2, 0.25) is 0 Å². The number of carbonyl (C=O) groups is 2. The van der Waals surface area contributed by atoms with Crippen LogP contribution in [0.4, 0.5) is 5.69 Å². The minimum absolute atomic E-state index is 0.0255. The third kappa shape index (κ3) is 4.73. The lowest BCUT2D eigenvalue weighted by atomic mass is 9.78. The van der Waals surface area contributed by atoms with Crippen molar-refractivity contribution in [3.05, 3.63) is 88.5 Å². The lowest BCUT2D eigenvalue weighted by molar-refractivity contribution is -0.116. The number of allylic oxidation sites excluding steroid dienone is 2. The highest BCUT2D eigenvalue weighted by Gasteiger charge is 2.33. The lowest BCUT2D eigenvalue weighted by Gasteiger charge is -2.26. The molecule has 36 heavy (non-hydrogen) atoms. The molecule has 2 aliphatic carbocycles. The van der Waals surface area contributed by atoms with Gasteiger partial charge in [0.15, 0.2) is 11.6 Å². The highest BCUT2D eigenvalue weighted by Crippen LogP contribution is 2.37. The van der Waals surface area contributed by atoms with Crippen LogP contribution >= 0.6 is 0 Å². The third-order valence-corrected chi connectivity index (χ3v) is 6.86. The number of rotatable bonds is 6. The molecule has 0 saturated heterocycles. The van der Waals surface area contributed by atoms with Crippen molar-refractivity contribution < 1.29 is 24.0 Å². The van der Waals surface area contributed by atoms with E-state index in [0.29, 0.717) is 59.8 Å². The Bertz CT molecular complexity index is 1350. The van der Waals surface area contributed by atoms with Gasteiger partial charge in [-0.15, -0.1) is 0 Å². The fourth-order valence-electron chi connectivity index (χ4n) is 5.07. The lowest BCUT2D eigenvalue weighted by Crippen LogP contribution is -2.26. The number of hydrogen-bond donors (Lipinski definition) is 1. The summed E-state index contributed by atoms with van der Waals surface area (Å²) in [5, 5.41) is 15.2. The summed E-state index contributed by atoms with van der Waals surface area (Å²) in [6.07, 6.45) is 3.18. The summed E-state index contributed by atoms with van der Waals surface area (Å²) in [5.41, 5.74) is 3.51. The topological polar surface area (TPSA) is 102 Å². The van der Waals surface area contributed by atoms with Crippen LogP contribution < -0.4 is 4.74 Å². The molecule has 1 heterocycles. The number of aryl methyl sites for hydroxylation is 2. The molecule has 0 radical (unpaired) electrons. The molecule has 0 spiro atoms. The molecule has 1 N–H and O–H groups in total. The number of Topliss-reactive ketones (excluding diaryl/α,β-unsaturated/α-hetero) is 2. The van der Waals surface area contributed by atoms with Gasteiger partial charge < -0.3 is 14.4 Å². The Morgan fingerprint density at radius 1 is 1.06 bits per heavy atom. The molecule has 7 nitrogen and oxygen atoms in total. The Morgan fingerprint density at radius 3 is 2.64 bits per heavy atom. The van der Waals surface area contributed by atoms with Gasteiger partial charge in [0, 0.05) is 32.1 Å². The molecule has 1 aromatic heterocycles. The van der Waals surface area contributed by atoms with E-state index in [1.807, 2.05) is 54.6 Å². The van der Waals surface area contributed by atoms with Gasteiger partial charge in [0.1, 0.15) is 23.0 Å². The van der Waals surface area contributed by atoms with Crippen molar-refractivity contribution in [1.82, 2.24) is 5.16 Å². The van der Waals surface area contributed by atoms with Gasteiger partial charge >= 0.3 is 0 Å². The molecule has 1 unspecified atom stereocenters. The van der Waals surface area contributed by atoms with Crippen LogP contribution in [-0.4, -0.2) is 34.7 Å². The van der Waals surface area contributed by atoms with E-state index < -0.39 is 0 Å². The Kier molecular flexibility index (Phi) is 6.80. The first-order chi connectivity index (χ1) is 17.5. The minimum Gasteiger partial charge on any atom is -0.511 e. The van der Waals surface area contributed by atoms with Crippen molar-refractivity contribution in [2.45, 2.75) is 50.9 Å². The van der Waals surface area contributed by atoms with Gasteiger partial charge in [0.25, 0.3) is 0 Å². The number of fused-ring (bicyclic) bond motifs is 1.